The SMILES string of the molecule is CS(=O)(=O)Nc1ccc(F)cc1C(=O)N[C@H]1CCCNC1. The number of nitrogens with one attached hydrogen (secondary N) is 3. The number of hydrogen-bond acceptors (Lipinski definition) is 4. The summed E-state index contributed by atoms with van der Waals surface area (Å²) in [5, 5.41) is 5.94. The van der Waals surface area contributed by atoms with Crippen LogP contribution < -0.4 is 15.4 Å². The molecule has 1 heterocycles. The van der Waals surface area contributed by atoms with Crippen LogP contribution in [0.3, 0.4) is 0 Å². The molecular weight excluding hydrogens is 297 g/mol. The molecule has 1 amide bonds. The molecule has 0 spiro atoms. The molecule has 0 aliphatic carbocycles. The van der Waals surface area contributed by atoms with Gasteiger partial charge in [0.15, 0.2) is 0 Å². The second kappa shape index (κ2) is 6.40. The third kappa shape index (κ3) is 4.68. The monoisotopic (exact) mass is 315 g/mol. The predicted octanol–water partition coefficient (Wildman–Crippen LogP) is 0.679. The first kappa shape index (κ1) is 15.7. The van der Waals surface area contributed by atoms with Crippen molar-refractivity contribution in [3.05, 3.63) is 29.6 Å². The highest BCUT2D eigenvalue weighted by Gasteiger charge is 2.20. The van der Waals surface area contributed by atoms with Gasteiger partial charge in [-0.05, 0) is 37.6 Å². The number of hydrogen-bond donors (Lipinski definition) is 3. The molecule has 0 radical (unpaired) electrons. The van der Waals surface area contributed by atoms with E-state index in [1.54, 1.807) is 0 Å². The summed E-state index contributed by atoms with van der Waals surface area (Å²) in [6, 6.07) is 3.33. The summed E-state index contributed by atoms with van der Waals surface area (Å²) in [5.41, 5.74) is 0.0474. The minimum atomic E-state index is -3.54. The van der Waals surface area contributed by atoms with Crippen LogP contribution in [0.1, 0.15) is 23.2 Å². The highest BCUT2D eigenvalue weighted by atomic mass is 32.2. The normalized spacial score (nSPS) is 19.0. The second-order valence-corrected chi connectivity index (χ2v) is 6.83. The van der Waals surface area contributed by atoms with Gasteiger partial charge < -0.3 is 10.6 Å². The van der Waals surface area contributed by atoms with Crippen molar-refractivity contribution in [3.8, 4) is 0 Å². The average Bonchev–Trinajstić information content (AvgIpc) is 2.40. The fourth-order valence-electron chi connectivity index (χ4n) is 2.23. The number of amides is 1. The van der Waals surface area contributed by atoms with Gasteiger partial charge in [0.05, 0.1) is 17.5 Å². The Morgan fingerprint density at radius 1 is 1.43 bits per heavy atom. The van der Waals surface area contributed by atoms with Crippen molar-refractivity contribution in [1.29, 1.82) is 0 Å². The van der Waals surface area contributed by atoms with Gasteiger partial charge in [-0.15, -0.1) is 0 Å². The van der Waals surface area contributed by atoms with Crippen LogP contribution in [0.5, 0.6) is 0 Å². The van der Waals surface area contributed by atoms with Crippen LogP contribution in [-0.4, -0.2) is 39.7 Å². The van der Waals surface area contributed by atoms with Gasteiger partial charge in [0, 0.05) is 12.6 Å². The first-order valence-electron chi connectivity index (χ1n) is 6.64. The van der Waals surface area contributed by atoms with E-state index in [-0.39, 0.29) is 17.3 Å². The molecule has 1 aromatic carbocycles. The van der Waals surface area contributed by atoms with E-state index in [9.17, 15) is 17.6 Å². The Morgan fingerprint density at radius 2 is 2.19 bits per heavy atom. The Hall–Kier alpha value is -1.67. The summed E-state index contributed by atoms with van der Waals surface area (Å²) in [4.78, 5) is 12.2. The lowest BCUT2D eigenvalue weighted by molar-refractivity contribution is 0.0931. The number of sulfonamides is 1. The van der Waals surface area contributed by atoms with Gasteiger partial charge >= 0.3 is 0 Å². The van der Waals surface area contributed by atoms with E-state index < -0.39 is 21.7 Å². The topological polar surface area (TPSA) is 87.3 Å². The summed E-state index contributed by atoms with van der Waals surface area (Å²) < 4.78 is 38.2. The van der Waals surface area contributed by atoms with Gasteiger partial charge in [-0.1, -0.05) is 0 Å². The molecule has 6 nitrogen and oxygen atoms in total. The third-order valence-corrected chi connectivity index (χ3v) is 3.74. The second-order valence-electron chi connectivity index (χ2n) is 5.08. The Balaban J connectivity index is 2.20. The fraction of sp³-hybridized carbons (Fsp3) is 0.462. The van der Waals surface area contributed by atoms with Crippen LogP contribution >= 0.6 is 0 Å². The third-order valence-electron chi connectivity index (χ3n) is 3.15. The van der Waals surface area contributed by atoms with Gasteiger partial charge in [0.25, 0.3) is 5.91 Å². The highest BCUT2D eigenvalue weighted by molar-refractivity contribution is 7.92. The molecule has 0 unspecified atom stereocenters. The quantitative estimate of drug-likeness (QED) is 0.762. The lowest BCUT2D eigenvalue weighted by Gasteiger charge is -2.24. The molecule has 0 bridgehead atoms. The predicted molar refractivity (Wildman–Crippen MR) is 78.2 cm³/mol. The number of benzene rings is 1. The molecule has 0 saturated carbocycles. The summed E-state index contributed by atoms with van der Waals surface area (Å²) in [7, 11) is -3.54. The van der Waals surface area contributed by atoms with E-state index in [1.807, 2.05) is 0 Å². The maximum absolute atomic E-state index is 13.3. The maximum Gasteiger partial charge on any atom is 0.253 e. The minimum Gasteiger partial charge on any atom is -0.348 e. The van der Waals surface area contributed by atoms with Crippen LogP contribution in [0.2, 0.25) is 0 Å². The van der Waals surface area contributed by atoms with Crippen LogP contribution in [0.4, 0.5) is 10.1 Å². The average molecular weight is 315 g/mol. The van der Waals surface area contributed by atoms with E-state index in [0.717, 1.165) is 37.8 Å². The maximum atomic E-state index is 13.3. The Labute approximate surface area is 123 Å². The largest absolute Gasteiger partial charge is 0.348 e. The van der Waals surface area contributed by atoms with Gasteiger partial charge in [-0.3, -0.25) is 9.52 Å². The van der Waals surface area contributed by atoms with E-state index in [4.69, 9.17) is 0 Å². The zero-order chi connectivity index (χ0) is 15.5. The van der Waals surface area contributed by atoms with Crippen LogP contribution in [0.15, 0.2) is 18.2 Å². The first-order chi connectivity index (χ1) is 9.85. The number of piperidine rings is 1. The lowest BCUT2D eigenvalue weighted by Crippen LogP contribution is -2.45. The van der Waals surface area contributed by atoms with Gasteiger partial charge in [0.1, 0.15) is 5.82 Å². The zero-order valence-electron chi connectivity index (χ0n) is 11.6. The number of rotatable bonds is 4. The zero-order valence-corrected chi connectivity index (χ0v) is 12.5. The van der Waals surface area contributed by atoms with E-state index >= 15 is 0 Å². The Morgan fingerprint density at radius 3 is 2.81 bits per heavy atom. The molecule has 1 fully saturated rings. The highest BCUT2D eigenvalue weighted by Crippen LogP contribution is 2.18. The van der Waals surface area contributed by atoms with Gasteiger partial charge in [-0.25, -0.2) is 12.8 Å². The first-order valence-corrected chi connectivity index (χ1v) is 8.53. The van der Waals surface area contributed by atoms with Crippen molar-refractivity contribution in [2.24, 2.45) is 0 Å². The Kier molecular flexibility index (Phi) is 4.79. The molecule has 21 heavy (non-hydrogen) atoms. The fourth-order valence-corrected chi connectivity index (χ4v) is 2.81. The molecule has 1 atom stereocenters. The van der Waals surface area contributed by atoms with Crippen molar-refractivity contribution < 1.29 is 17.6 Å². The summed E-state index contributed by atoms with van der Waals surface area (Å²) >= 11 is 0. The molecular formula is C13H18FN3O3S. The molecule has 116 valence electrons. The van der Waals surface area contributed by atoms with Crippen molar-refractivity contribution >= 4 is 21.6 Å². The lowest BCUT2D eigenvalue weighted by atomic mass is 10.1. The summed E-state index contributed by atoms with van der Waals surface area (Å²) in [6.45, 7) is 1.56. The standard InChI is InChI=1S/C13H18FN3O3S/c1-21(19,20)17-12-5-4-9(14)7-11(12)13(18)16-10-3-2-6-15-8-10/h4-5,7,10,15,17H,2-3,6,8H2,1H3,(H,16,18)/t10-/m0/s1. The summed E-state index contributed by atoms with van der Waals surface area (Å²) in [5.74, 6) is -1.09. The number of halogens is 1. The van der Waals surface area contributed by atoms with Gasteiger partial charge in [-0.2, -0.15) is 0 Å². The van der Waals surface area contributed by atoms with Crippen molar-refractivity contribution in [3.63, 3.8) is 0 Å². The summed E-state index contributed by atoms with van der Waals surface area (Å²) in [6.07, 6.45) is 2.76. The van der Waals surface area contributed by atoms with Crippen molar-refractivity contribution in [2.75, 3.05) is 24.1 Å². The molecule has 8 heteroatoms. The van der Waals surface area contributed by atoms with Crippen molar-refractivity contribution in [1.82, 2.24) is 10.6 Å². The van der Waals surface area contributed by atoms with Crippen molar-refractivity contribution in [2.45, 2.75) is 18.9 Å². The van der Waals surface area contributed by atoms with E-state index in [1.165, 1.54) is 6.07 Å². The molecule has 0 aromatic heterocycles. The van der Waals surface area contributed by atoms with Crippen LogP contribution in [0, 0.1) is 5.82 Å². The van der Waals surface area contributed by atoms with Crippen LogP contribution in [0.25, 0.3) is 0 Å². The minimum absolute atomic E-state index is 0.0222. The number of anilines is 1. The molecule has 1 saturated heterocycles. The molecule has 2 rings (SSSR count). The van der Waals surface area contributed by atoms with Crippen LogP contribution in [-0.2, 0) is 10.0 Å². The van der Waals surface area contributed by atoms with E-state index in [2.05, 4.69) is 15.4 Å². The smallest absolute Gasteiger partial charge is 0.253 e. The van der Waals surface area contributed by atoms with E-state index in [0.29, 0.717) is 6.54 Å². The number of carbonyl (C=O) groups is 1. The molecule has 1 aliphatic heterocycles. The molecule has 1 aliphatic rings. The number of carbonyl (C=O) groups excluding carboxylic acids is 1. The molecule has 3 N–H and O–H groups in total. The molecule has 1 aromatic rings. The van der Waals surface area contributed by atoms with Gasteiger partial charge in [0.2, 0.25) is 10.0 Å². The Bertz CT molecular complexity index is 628.